The van der Waals surface area contributed by atoms with E-state index in [0.717, 1.165) is 4.47 Å². The number of carbonyl (C=O) groups excluding carboxylic acids is 2. The Balaban J connectivity index is 2.54. The molecular formula is C14H18BrNO3. The summed E-state index contributed by atoms with van der Waals surface area (Å²) in [5.41, 5.74) is 0.549. The molecule has 5 heteroatoms. The molecule has 0 unspecified atom stereocenters. The van der Waals surface area contributed by atoms with Crippen LogP contribution in [0.1, 0.15) is 30.1 Å². The normalized spacial score (nSPS) is 10.1. The van der Waals surface area contributed by atoms with Gasteiger partial charge in [-0.15, -0.1) is 0 Å². The largest absolute Gasteiger partial charge is 0.493 e. The molecule has 0 saturated heterocycles. The molecule has 0 aliphatic carbocycles. The Kier molecular flexibility index (Phi) is 6.02. The molecule has 0 radical (unpaired) electrons. The van der Waals surface area contributed by atoms with Gasteiger partial charge in [-0.05, 0) is 31.5 Å². The van der Waals surface area contributed by atoms with Gasteiger partial charge in [0.15, 0.2) is 5.78 Å². The third kappa shape index (κ3) is 5.03. The molecule has 1 aromatic rings. The molecule has 1 rings (SSSR count). The van der Waals surface area contributed by atoms with Gasteiger partial charge in [0, 0.05) is 25.0 Å². The minimum atomic E-state index is -0.0410. The van der Waals surface area contributed by atoms with E-state index in [1.165, 1.54) is 6.92 Å². The zero-order valence-electron chi connectivity index (χ0n) is 11.4. The number of halogens is 1. The van der Waals surface area contributed by atoms with Crippen LogP contribution in [0.5, 0.6) is 5.75 Å². The lowest BCUT2D eigenvalue weighted by atomic mass is 10.1. The highest BCUT2D eigenvalue weighted by Gasteiger charge is 2.09. The van der Waals surface area contributed by atoms with Gasteiger partial charge in [0.25, 0.3) is 0 Å². The van der Waals surface area contributed by atoms with Crippen molar-refractivity contribution in [3.05, 3.63) is 28.2 Å². The van der Waals surface area contributed by atoms with Gasteiger partial charge in [-0.3, -0.25) is 9.59 Å². The summed E-state index contributed by atoms with van der Waals surface area (Å²) in [6.07, 6.45) is 1.07. The fourth-order valence-electron chi connectivity index (χ4n) is 1.53. The molecule has 19 heavy (non-hydrogen) atoms. The second-order valence-corrected chi connectivity index (χ2v) is 5.35. The predicted molar refractivity (Wildman–Crippen MR) is 77.6 cm³/mol. The van der Waals surface area contributed by atoms with Gasteiger partial charge >= 0.3 is 0 Å². The highest BCUT2D eigenvalue weighted by atomic mass is 79.9. The first kappa shape index (κ1) is 15.7. The minimum Gasteiger partial charge on any atom is -0.493 e. The molecule has 0 bridgehead atoms. The molecule has 0 fully saturated rings. The topological polar surface area (TPSA) is 46.6 Å². The first-order chi connectivity index (χ1) is 8.91. The zero-order chi connectivity index (χ0) is 14.4. The van der Waals surface area contributed by atoms with Crippen molar-refractivity contribution in [1.82, 2.24) is 4.90 Å². The van der Waals surface area contributed by atoms with Crippen LogP contribution in [0.25, 0.3) is 0 Å². The van der Waals surface area contributed by atoms with Crippen LogP contribution in [0.2, 0.25) is 0 Å². The molecule has 0 aromatic heterocycles. The van der Waals surface area contributed by atoms with Crippen LogP contribution in [-0.2, 0) is 4.79 Å². The Labute approximate surface area is 121 Å². The Hall–Kier alpha value is -1.36. The molecule has 104 valence electrons. The second kappa shape index (κ2) is 7.28. The number of benzene rings is 1. The van der Waals surface area contributed by atoms with Crippen molar-refractivity contribution >= 4 is 27.6 Å². The highest BCUT2D eigenvalue weighted by molar-refractivity contribution is 9.10. The number of hydrogen-bond acceptors (Lipinski definition) is 3. The summed E-state index contributed by atoms with van der Waals surface area (Å²) >= 11 is 3.32. The molecule has 0 spiro atoms. The van der Waals surface area contributed by atoms with Crippen LogP contribution in [-0.4, -0.2) is 37.3 Å². The molecule has 0 aliphatic heterocycles. The fraction of sp³-hybridized carbons (Fsp3) is 0.429. The van der Waals surface area contributed by atoms with Gasteiger partial charge in [-0.2, -0.15) is 0 Å². The van der Waals surface area contributed by atoms with Gasteiger partial charge in [0.1, 0.15) is 5.75 Å². The lowest BCUT2D eigenvalue weighted by molar-refractivity contribution is -0.128. The first-order valence-electron chi connectivity index (χ1n) is 6.05. The van der Waals surface area contributed by atoms with Crippen molar-refractivity contribution in [1.29, 1.82) is 0 Å². The van der Waals surface area contributed by atoms with E-state index in [1.54, 1.807) is 31.1 Å². The Bertz CT molecular complexity index is 472. The Morgan fingerprint density at radius 2 is 2.00 bits per heavy atom. The fourth-order valence-corrected chi connectivity index (χ4v) is 1.89. The molecule has 1 aromatic carbocycles. The highest BCUT2D eigenvalue weighted by Crippen LogP contribution is 2.23. The van der Waals surface area contributed by atoms with E-state index in [1.807, 2.05) is 6.07 Å². The number of ketones is 1. The molecule has 0 saturated carbocycles. The summed E-state index contributed by atoms with van der Waals surface area (Å²) in [5.74, 6) is 0.597. The van der Waals surface area contributed by atoms with Crippen molar-refractivity contribution in [2.75, 3.05) is 20.7 Å². The average Bonchev–Trinajstić information content (AvgIpc) is 2.35. The van der Waals surface area contributed by atoms with Crippen molar-refractivity contribution < 1.29 is 14.3 Å². The average molecular weight is 328 g/mol. The zero-order valence-corrected chi connectivity index (χ0v) is 13.0. The summed E-state index contributed by atoms with van der Waals surface area (Å²) < 4.78 is 6.41. The molecule has 0 aliphatic rings. The summed E-state index contributed by atoms with van der Waals surface area (Å²) in [4.78, 5) is 24.4. The summed E-state index contributed by atoms with van der Waals surface area (Å²) in [5, 5.41) is 0. The van der Waals surface area contributed by atoms with Crippen LogP contribution >= 0.6 is 15.9 Å². The first-order valence-corrected chi connectivity index (χ1v) is 6.84. The van der Waals surface area contributed by atoms with E-state index in [4.69, 9.17) is 4.74 Å². The van der Waals surface area contributed by atoms with Crippen LogP contribution in [0.3, 0.4) is 0 Å². The van der Waals surface area contributed by atoms with E-state index in [-0.39, 0.29) is 11.7 Å². The van der Waals surface area contributed by atoms with Gasteiger partial charge in [0.05, 0.1) is 12.2 Å². The quantitative estimate of drug-likeness (QED) is 0.596. The monoisotopic (exact) mass is 327 g/mol. The molecule has 4 nitrogen and oxygen atoms in total. The maximum absolute atomic E-state index is 11.5. The molecule has 0 heterocycles. The number of carbonyl (C=O) groups is 2. The SMILES string of the molecule is CC(=O)c1cc(Br)ccc1OCCCC(=O)N(C)C. The molecule has 1 amide bonds. The number of hydrogen-bond donors (Lipinski definition) is 0. The molecular weight excluding hydrogens is 310 g/mol. The lowest BCUT2D eigenvalue weighted by Crippen LogP contribution is -2.21. The Morgan fingerprint density at radius 3 is 2.58 bits per heavy atom. The van der Waals surface area contributed by atoms with Crippen molar-refractivity contribution in [2.24, 2.45) is 0 Å². The minimum absolute atomic E-state index is 0.0410. The van der Waals surface area contributed by atoms with Crippen molar-refractivity contribution in [3.8, 4) is 5.75 Å². The lowest BCUT2D eigenvalue weighted by Gasteiger charge is -2.12. The number of ether oxygens (including phenoxy) is 1. The van der Waals surface area contributed by atoms with Crippen LogP contribution < -0.4 is 4.74 Å². The molecule has 0 N–H and O–H groups in total. The van der Waals surface area contributed by atoms with Crippen LogP contribution in [0.15, 0.2) is 22.7 Å². The third-order valence-corrected chi connectivity index (χ3v) is 3.11. The third-order valence-electron chi connectivity index (χ3n) is 2.61. The van der Waals surface area contributed by atoms with E-state index < -0.39 is 0 Å². The summed E-state index contributed by atoms with van der Waals surface area (Å²) in [6, 6.07) is 5.32. The standard InChI is InChI=1S/C14H18BrNO3/c1-10(17)12-9-11(15)6-7-13(12)19-8-4-5-14(18)16(2)3/h6-7,9H,4-5,8H2,1-3H3. The molecule has 0 atom stereocenters. The number of amides is 1. The smallest absolute Gasteiger partial charge is 0.222 e. The summed E-state index contributed by atoms with van der Waals surface area (Å²) in [6.45, 7) is 1.92. The maximum Gasteiger partial charge on any atom is 0.222 e. The van der Waals surface area contributed by atoms with E-state index in [2.05, 4.69) is 15.9 Å². The van der Waals surface area contributed by atoms with Gasteiger partial charge in [0.2, 0.25) is 5.91 Å². The van der Waals surface area contributed by atoms with Crippen LogP contribution in [0.4, 0.5) is 0 Å². The Morgan fingerprint density at radius 1 is 1.32 bits per heavy atom. The van der Waals surface area contributed by atoms with Crippen LogP contribution in [0, 0.1) is 0 Å². The number of rotatable bonds is 6. The van der Waals surface area contributed by atoms with E-state index in [9.17, 15) is 9.59 Å². The second-order valence-electron chi connectivity index (χ2n) is 4.44. The maximum atomic E-state index is 11.5. The number of nitrogens with zero attached hydrogens (tertiary/aromatic N) is 1. The van der Waals surface area contributed by atoms with E-state index >= 15 is 0 Å². The van der Waals surface area contributed by atoms with Crippen molar-refractivity contribution in [2.45, 2.75) is 19.8 Å². The predicted octanol–water partition coefficient (Wildman–Crippen LogP) is 2.90. The number of Topliss-reactive ketones (excluding diaryl/α,β-unsaturated/α-hetero) is 1. The van der Waals surface area contributed by atoms with Gasteiger partial charge in [-0.1, -0.05) is 15.9 Å². The summed E-state index contributed by atoms with van der Waals surface area (Å²) in [7, 11) is 3.46. The van der Waals surface area contributed by atoms with E-state index in [0.29, 0.717) is 30.8 Å². The van der Waals surface area contributed by atoms with Gasteiger partial charge < -0.3 is 9.64 Å². The van der Waals surface area contributed by atoms with Crippen molar-refractivity contribution in [3.63, 3.8) is 0 Å². The van der Waals surface area contributed by atoms with Gasteiger partial charge in [-0.25, -0.2) is 0 Å².